The van der Waals surface area contributed by atoms with Crippen molar-refractivity contribution >= 4 is 11.4 Å². The number of nitrogens with zero attached hydrogens (tertiary/aromatic N) is 1. The van der Waals surface area contributed by atoms with E-state index in [-0.39, 0.29) is 5.78 Å². The second-order valence-corrected chi connectivity index (χ2v) is 5.86. The van der Waals surface area contributed by atoms with Crippen LogP contribution < -0.4 is 0 Å². The van der Waals surface area contributed by atoms with Gasteiger partial charge in [0, 0.05) is 35.4 Å². The molecule has 0 amide bonds. The lowest BCUT2D eigenvalue weighted by Crippen LogP contribution is -2.04. The van der Waals surface area contributed by atoms with E-state index in [0.717, 1.165) is 11.8 Å². The summed E-state index contributed by atoms with van der Waals surface area (Å²) in [6.45, 7) is 0. The van der Waals surface area contributed by atoms with Gasteiger partial charge in [-0.3, -0.25) is 9.78 Å². The summed E-state index contributed by atoms with van der Waals surface area (Å²) >= 11 is 0. The Morgan fingerprint density at radius 1 is 0.960 bits per heavy atom. The minimum absolute atomic E-state index is 0.120. The molecule has 1 aliphatic rings. The van der Waals surface area contributed by atoms with Crippen LogP contribution >= 0.6 is 0 Å². The molecular weight excluding hydrogens is 320 g/mol. The molecule has 0 unspecified atom stereocenters. The summed E-state index contributed by atoms with van der Waals surface area (Å²) in [5, 5.41) is 0. The van der Waals surface area contributed by atoms with Gasteiger partial charge in [-0.1, -0.05) is 36.4 Å². The minimum Gasteiger partial charge on any atom is -0.289 e. The van der Waals surface area contributed by atoms with Crippen LogP contribution in [0.1, 0.15) is 21.6 Å². The number of benzene rings is 2. The van der Waals surface area contributed by atoms with E-state index < -0.39 is 11.6 Å². The number of aromatic nitrogens is 1. The third-order valence-electron chi connectivity index (χ3n) is 4.25. The normalized spacial score (nSPS) is 12.6. The molecule has 0 fully saturated rings. The summed E-state index contributed by atoms with van der Waals surface area (Å²) in [5.41, 5.74) is 3.49. The van der Waals surface area contributed by atoms with Crippen LogP contribution in [0.15, 0.2) is 66.9 Å². The predicted octanol–water partition coefficient (Wildman–Crippen LogP) is 4.85. The van der Waals surface area contributed by atoms with Gasteiger partial charge in [-0.15, -0.1) is 0 Å². The van der Waals surface area contributed by atoms with Crippen LogP contribution in [-0.2, 0) is 6.42 Å². The third kappa shape index (κ3) is 2.76. The topological polar surface area (TPSA) is 30.0 Å². The number of Topliss-reactive ketones (excluding diaryl/α,β-unsaturated/α-hetero) is 1. The van der Waals surface area contributed by atoms with E-state index in [4.69, 9.17) is 0 Å². The molecule has 0 saturated heterocycles. The lowest BCUT2D eigenvalue weighted by Gasteiger charge is -2.12. The zero-order valence-electron chi connectivity index (χ0n) is 13.2. The van der Waals surface area contributed by atoms with Crippen molar-refractivity contribution in [1.82, 2.24) is 4.98 Å². The van der Waals surface area contributed by atoms with Crippen LogP contribution in [0.2, 0.25) is 0 Å². The fourth-order valence-electron chi connectivity index (χ4n) is 3.16. The van der Waals surface area contributed by atoms with Crippen molar-refractivity contribution < 1.29 is 13.6 Å². The number of ketones is 1. The summed E-state index contributed by atoms with van der Waals surface area (Å²) < 4.78 is 27.3. The standard InChI is InChI=1S/C21H13F2NO/c22-15-10-14(11-16(23)12-15)17-8-9-24-19-7-6-18(20(17)19)21(25)13-4-2-1-3-5-13/h1-6,8-12H,7H2. The number of rotatable bonds is 3. The molecule has 3 aromatic rings. The van der Waals surface area contributed by atoms with Gasteiger partial charge in [-0.25, -0.2) is 8.78 Å². The Hall–Kier alpha value is -3.14. The number of hydrogen-bond donors (Lipinski definition) is 0. The summed E-state index contributed by atoms with van der Waals surface area (Å²) in [4.78, 5) is 17.2. The maximum Gasteiger partial charge on any atom is 0.193 e. The molecular formula is C21H13F2NO. The molecule has 2 nitrogen and oxygen atoms in total. The number of carbonyl (C=O) groups is 1. The monoisotopic (exact) mass is 333 g/mol. The van der Waals surface area contributed by atoms with Gasteiger partial charge in [0.2, 0.25) is 0 Å². The van der Waals surface area contributed by atoms with Crippen LogP contribution in [0.5, 0.6) is 0 Å². The highest BCUT2D eigenvalue weighted by atomic mass is 19.1. The maximum atomic E-state index is 13.6. The average molecular weight is 333 g/mol. The largest absolute Gasteiger partial charge is 0.289 e. The maximum absolute atomic E-state index is 13.6. The Balaban J connectivity index is 1.85. The summed E-state index contributed by atoms with van der Waals surface area (Å²) in [5.74, 6) is -1.43. The van der Waals surface area contributed by atoms with E-state index in [2.05, 4.69) is 4.98 Å². The van der Waals surface area contributed by atoms with Gasteiger partial charge in [0.1, 0.15) is 11.6 Å². The van der Waals surface area contributed by atoms with Gasteiger partial charge in [-0.05, 0) is 29.3 Å². The minimum atomic E-state index is -0.654. The molecule has 0 aliphatic heterocycles. The average Bonchev–Trinajstić information content (AvgIpc) is 3.05. The Kier molecular flexibility index (Phi) is 3.73. The Morgan fingerprint density at radius 2 is 1.68 bits per heavy atom. The Bertz CT molecular complexity index is 989. The smallest absolute Gasteiger partial charge is 0.193 e. The molecule has 25 heavy (non-hydrogen) atoms. The molecule has 4 heteroatoms. The van der Waals surface area contributed by atoms with Gasteiger partial charge in [0.05, 0.1) is 5.69 Å². The van der Waals surface area contributed by atoms with Gasteiger partial charge >= 0.3 is 0 Å². The Morgan fingerprint density at radius 3 is 2.40 bits per heavy atom. The molecule has 0 atom stereocenters. The summed E-state index contributed by atoms with van der Waals surface area (Å²) in [7, 11) is 0. The van der Waals surface area contributed by atoms with Crippen LogP contribution in [-0.4, -0.2) is 10.8 Å². The quantitative estimate of drug-likeness (QED) is 0.641. The van der Waals surface area contributed by atoms with Crippen molar-refractivity contribution in [2.45, 2.75) is 6.42 Å². The molecule has 122 valence electrons. The molecule has 0 N–H and O–H groups in total. The van der Waals surface area contributed by atoms with Gasteiger partial charge in [0.15, 0.2) is 5.78 Å². The van der Waals surface area contributed by atoms with Crippen LogP contribution in [0, 0.1) is 11.6 Å². The lowest BCUT2D eigenvalue weighted by atomic mass is 9.92. The van der Waals surface area contributed by atoms with Crippen LogP contribution in [0.3, 0.4) is 0 Å². The van der Waals surface area contributed by atoms with E-state index >= 15 is 0 Å². The fourth-order valence-corrected chi connectivity index (χ4v) is 3.16. The molecule has 4 rings (SSSR count). The molecule has 0 bridgehead atoms. The highest BCUT2D eigenvalue weighted by molar-refractivity contribution is 6.30. The third-order valence-corrected chi connectivity index (χ3v) is 4.25. The second-order valence-electron chi connectivity index (χ2n) is 5.86. The highest BCUT2D eigenvalue weighted by Gasteiger charge is 2.25. The van der Waals surface area contributed by atoms with E-state index in [1.54, 1.807) is 36.5 Å². The molecule has 2 aromatic carbocycles. The number of halogens is 2. The number of hydrogen-bond acceptors (Lipinski definition) is 2. The fraction of sp³-hybridized carbons (Fsp3) is 0.0476. The second kappa shape index (κ2) is 6.06. The number of fused-ring (bicyclic) bond motifs is 1. The van der Waals surface area contributed by atoms with Crippen molar-refractivity contribution in [2.75, 3.05) is 0 Å². The van der Waals surface area contributed by atoms with Crippen LogP contribution in [0.25, 0.3) is 16.7 Å². The lowest BCUT2D eigenvalue weighted by molar-refractivity contribution is 0.105. The first-order chi connectivity index (χ1) is 12.1. The van der Waals surface area contributed by atoms with E-state index in [9.17, 15) is 13.6 Å². The van der Waals surface area contributed by atoms with Gasteiger partial charge < -0.3 is 0 Å². The van der Waals surface area contributed by atoms with Crippen LogP contribution in [0.4, 0.5) is 8.78 Å². The summed E-state index contributed by atoms with van der Waals surface area (Å²) in [6, 6.07) is 14.0. The number of allylic oxidation sites excluding steroid dienone is 2. The molecule has 1 aliphatic carbocycles. The molecule has 0 saturated carbocycles. The number of carbonyl (C=O) groups excluding carboxylic acids is 1. The van der Waals surface area contributed by atoms with Crippen molar-refractivity contribution in [1.29, 1.82) is 0 Å². The molecule has 1 aromatic heterocycles. The van der Waals surface area contributed by atoms with Gasteiger partial charge in [0.25, 0.3) is 0 Å². The first kappa shape index (κ1) is 15.4. The summed E-state index contributed by atoms with van der Waals surface area (Å²) in [6.07, 6.45) is 3.95. The SMILES string of the molecule is O=C(C1=CCc2nccc(-c3cc(F)cc(F)c3)c21)c1ccccc1. The molecule has 0 spiro atoms. The molecule has 1 heterocycles. The van der Waals surface area contributed by atoms with E-state index in [1.807, 2.05) is 12.1 Å². The number of pyridine rings is 1. The van der Waals surface area contributed by atoms with E-state index in [0.29, 0.717) is 34.2 Å². The first-order valence-electron chi connectivity index (χ1n) is 7.88. The van der Waals surface area contributed by atoms with Crippen molar-refractivity contribution in [3.05, 3.63) is 95.3 Å². The molecule has 0 radical (unpaired) electrons. The Labute approximate surface area is 143 Å². The van der Waals surface area contributed by atoms with E-state index in [1.165, 1.54) is 12.1 Å². The van der Waals surface area contributed by atoms with Crippen molar-refractivity contribution in [2.24, 2.45) is 0 Å². The predicted molar refractivity (Wildman–Crippen MR) is 92.0 cm³/mol. The highest BCUT2D eigenvalue weighted by Crippen LogP contribution is 2.37. The van der Waals surface area contributed by atoms with Crippen molar-refractivity contribution in [3.63, 3.8) is 0 Å². The van der Waals surface area contributed by atoms with Crippen molar-refractivity contribution in [3.8, 4) is 11.1 Å². The zero-order chi connectivity index (χ0) is 17.4. The zero-order valence-corrected chi connectivity index (χ0v) is 13.2. The van der Waals surface area contributed by atoms with Gasteiger partial charge in [-0.2, -0.15) is 0 Å². The first-order valence-corrected chi connectivity index (χ1v) is 7.88.